The Morgan fingerprint density at radius 2 is 1.78 bits per heavy atom. The van der Waals surface area contributed by atoms with E-state index in [0.29, 0.717) is 30.6 Å². The first-order valence-corrected chi connectivity index (χ1v) is 15.2. The van der Waals surface area contributed by atoms with E-state index in [9.17, 15) is 23.3 Å². The second kappa shape index (κ2) is 9.09. The van der Waals surface area contributed by atoms with Gasteiger partial charge in [-0.1, -0.05) is 0 Å². The van der Waals surface area contributed by atoms with Gasteiger partial charge in [-0.05, 0) is 89.9 Å². The average molecular weight is 538 g/mol. The average Bonchev–Trinajstić information content (AvgIpc) is 3.41. The van der Waals surface area contributed by atoms with Crippen LogP contribution in [0.3, 0.4) is 0 Å². The van der Waals surface area contributed by atoms with E-state index in [1.807, 2.05) is 0 Å². The molecule has 10 nitrogen and oxygen atoms in total. The zero-order chi connectivity index (χ0) is 26.8. The highest BCUT2D eigenvalue weighted by Gasteiger charge is 2.64. The van der Waals surface area contributed by atoms with Gasteiger partial charge >= 0.3 is 6.09 Å². The summed E-state index contributed by atoms with van der Waals surface area (Å²) in [7, 11) is -3.55. The van der Waals surface area contributed by atoms with Crippen molar-refractivity contribution in [3.05, 3.63) is 0 Å². The van der Waals surface area contributed by atoms with E-state index in [4.69, 9.17) is 13.7 Å². The molecule has 1 saturated heterocycles. The molecule has 6 fully saturated rings. The summed E-state index contributed by atoms with van der Waals surface area (Å²) in [5.41, 5.74) is -1.71. The molecule has 0 spiro atoms. The van der Waals surface area contributed by atoms with E-state index in [0.717, 1.165) is 44.8 Å². The summed E-state index contributed by atoms with van der Waals surface area (Å²) >= 11 is 0. The third-order valence-electron chi connectivity index (χ3n) is 8.87. The number of fused-ring (bicyclic) bond motifs is 1. The Labute approximate surface area is 219 Å². The van der Waals surface area contributed by atoms with Gasteiger partial charge in [0.2, 0.25) is 5.91 Å². The van der Waals surface area contributed by atoms with E-state index in [1.165, 1.54) is 0 Å². The van der Waals surface area contributed by atoms with Crippen molar-refractivity contribution in [1.29, 1.82) is 5.26 Å². The molecule has 5 aliphatic carbocycles. The van der Waals surface area contributed by atoms with Crippen LogP contribution in [0.15, 0.2) is 0 Å². The molecule has 0 radical (unpaired) electrons. The fraction of sp³-hybridized carbons (Fsp3) is 0.885. The van der Waals surface area contributed by atoms with Gasteiger partial charge in [-0.3, -0.25) is 8.98 Å². The summed E-state index contributed by atoms with van der Waals surface area (Å²) in [5, 5.41) is 12.7. The minimum absolute atomic E-state index is 0.0534. The highest BCUT2D eigenvalue weighted by Crippen LogP contribution is 2.64. The van der Waals surface area contributed by atoms with Crippen molar-refractivity contribution in [2.45, 2.75) is 101 Å². The third kappa shape index (κ3) is 5.48. The largest absolute Gasteiger partial charge is 0.444 e. The Kier molecular flexibility index (Phi) is 6.56. The van der Waals surface area contributed by atoms with Crippen molar-refractivity contribution >= 4 is 22.1 Å². The number of hydrogen-bond donors (Lipinski definition) is 1. The van der Waals surface area contributed by atoms with Gasteiger partial charge in [0, 0.05) is 11.5 Å². The van der Waals surface area contributed by atoms with Crippen molar-refractivity contribution < 1.29 is 31.7 Å². The van der Waals surface area contributed by atoms with Gasteiger partial charge in [0.05, 0.1) is 31.1 Å². The number of alkyl carbamates (subject to hydrolysis) is 1. The molecular formula is C26H39N3O7S. The fourth-order valence-corrected chi connectivity index (χ4v) is 8.51. The van der Waals surface area contributed by atoms with Crippen LogP contribution in [0.25, 0.3) is 0 Å². The second-order valence-corrected chi connectivity index (χ2v) is 14.8. The lowest BCUT2D eigenvalue weighted by Gasteiger charge is -2.63. The Balaban J connectivity index is 1.41. The third-order valence-corrected chi connectivity index (χ3v) is 9.46. The maximum Gasteiger partial charge on any atom is 0.408 e. The number of ether oxygens (including phenoxy) is 2. The molecule has 6 atom stereocenters. The number of nitrogens with one attached hydrogen (secondary N) is 1. The molecule has 0 aromatic heterocycles. The van der Waals surface area contributed by atoms with E-state index in [2.05, 4.69) is 11.4 Å². The lowest BCUT2D eigenvalue weighted by Crippen LogP contribution is -2.67. The lowest BCUT2D eigenvalue weighted by atomic mass is 9.46. The van der Waals surface area contributed by atoms with Gasteiger partial charge in [0.1, 0.15) is 17.7 Å². The van der Waals surface area contributed by atoms with E-state index < -0.39 is 44.9 Å². The number of nitrogens with zero attached hydrogens (tertiary/aromatic N) is 2. The molecule has 6 aliphatic rings. The molecule has 4 bridgehead atoms. The van der Waals surface area contributed by atoms with Crippen LogP contribution < -0.4 is 5.32 Å². The summed E-state index contributed by atoms with van der Waals surface area (Å²) in [5.74, 6) is 0.898. The molecule has 0 aromatic carbocycles. The van der Waals surface area contributed by atoms with E-state index in [-0.39, 0.29) is 25.2 Å². The molecule has 0 aromatic rings. The fourth-order valence-electron chi connectivity index (χ4n) is 8.14. The van der Waals surface area contributed by atoms with Gasteiger partial charge in [0.25, 0.3) is 10.1 Å². The van der Waals surface area contributed by atoms with Crippen LogP contribution in [-0.2, 0) is 28.6 Å². The second-order valence-electron chi connectivity index (χ2n) is 13.1. The first kappa shape index (κ1) is 26.7. The summed E-state index contributed by atoms with van der Waals surface area (Å²) in [6.45, 7) is 5.46. The molecule has 1 heterocycles. The number of hydrogen-bond acceptors (Lipinski definition) is 8. The lowest BCUT2D eigenvalue weighted by molar-refractivity contribution is -0.204. The Hall–Kier alpha value is -1.90. The van der Waals surface area contributed by atoms with Crippen LogP contribution in [0.2, 0.25) is 0 Å². The standard InChI is InChI=1S/C26H39N3O7S/c1-24(2,3)36-23(31)28-21(22(30)29-19(14-27)8-18-9-20(18)29)25-10-16-7-17(11-25)13-26(12-16,15-25)34-5-6-35-37(4,32)33/h16-21H,5-13,15H2,1-4H3,(H,28,31)/t16?,17?,18-,19+,20+,21-,25?,26?/m1/s1. The van der Waals surface area contributed by atoms with Crippen LogP contribution in [0.1, 0.15) is 72.1 Å². The molecular weight excluding hydrogens is 498 g/mol. The van der Waals surface area contributed by atoms with Crippen LogP contribution in [-0.4, -0.2) is 74.1 Å². The number of amides is 2. The summed E-state index contributed by atoms with van der Waals surface area (Å²) in [6.07, 6.45) is 6.97. The summed E-state index contributed by atoms with van der Waals surface area (Å²) < 4.78 is 39.6. The van der Waals surface area contributed by atoms with E-state index >= 15 is 0 Å². The molecule has 1 aliphatic heterocycles. The molecule has 37 heavy (non-hydrogen) atoms. The van der Waals surface area contributed by atoms with Crippen molar-refractivity contribution in [3.8, 4) is 6.07 Å². The van der Waals surface area contributed by atoms with Gasteiger partial charge < -0.3 is 19.7 Å². The predicted molar refractivity (Wildman–Crippen MR) is 133 cm³/mol. The minimum Gasteiger partial charge on any atom is -0.444 e. The molecule has 5 saturated carbocycles. The molecule has 2 amide bonds. The monoisotopic (exact) mass is 537 g/mol. The number of nitriles is 1. The first-order valence-electron chi connectivity index (χ1n) is 13.4. The number of likely N-dealkylation sites (tertiary alicyclic amines) is 1. The van der Waals surface area contributed by atoms with E-state index in [1.54, 1.807) is 25.7 Å². The quantitative estimate of drug-likeness (QED) is 0.369. The number of carbonyl (C=O) groups is 2. The Morgan fingerprint density at radius 1 is 1.11 bits per heavy atom. The van der Waals surface area contributed by atoms with Gasteiger partial charge in [-0.2, -0.15) is 13.7 Å². The SMILES string of the molecule is CC(C)(C)OC(=O)N[C@H](C(=O)N1[C@H](C#N)C[C@@H]2C[C@@H]21)C12CC3CC(CC(OCCOS(C)(=O)=O)(C3)C1)C2. The molecule has 11 heteroatoms. The number of carbonyl (C=O) groups excluding carboxylic acids is 2. The van der Waals surface area contributed by atoms with Crippen LogP contribution in [0.4, 0.5) is 4.79 Å². The molecule has 6 rings (SSSR count). The zero-order valence-electron chi connectivity index (χ0n) is 22.2. The van der Waals surface area contributed by atoms with Crippen molar-refractivity contribution in [1.82, 2.24) is 10.2 Å². The zero-order valence-corrected chi connectivity index (χ0v) is 23.0. The first-order chi connectivity index (χ1) is 17.2. The maximum absolute atomic E-state index is 14.2. The van der Waals surface area contributed by atoms with Crippen molar-refractivity contribution in [2.24, 2.45) is 23.2 Å². The Morgan fingerprint density at radius 3 is 2.38 bits per heavy atom. The highest BCUT2D eigenvalue weighted by atomic mass is 32.2. The summed E-state index contributed by atoms with van der Waals surface area (Å²) in [4.78, 5) is 29.0. The van der Waals surface area contributed by atoms with Crippen LogP contribution in [0, 0.1) is 34.5 Å². The molecule has 206 valence electrons. The smallest absolute Gasteiger partial charge is 0.408 e. The highest BCUT2D eigenvalue weighted by molar-refractivity contribution is 7.85. The normalized spacial score (nSPS) is 38.6. The summed E-state index contributed by atoms with van der Waals surface area (Å²) in [6, 6.07) is 1.11. The van der Waals surface area contributed by atoms with Gasteiger partial charge in [-0.15, -0.1) is 0 Å². The number of rotatable bonds is 8. The minimum atomic E-state index is -3.55. The molecule has 2 unspecified atom stereocenters. The van der Waals surface area contributed by atoms with Crippen molar-refractivity contribution in [2.75, 3.05) is 19.5 Å². The maximum atomic E-state index is 14.2. The number of piperidine rings is 1. The van der Waals surface area contributed by atoms with Crippen molar-refractivity contribution in [3.63, 3.8) is 0 Å². The van der Waals surface area contributed by atoms with Gasteiger partial charge in [0.15, 0.2) is 0 Å². The van der Waals surface area contributed by atoms with Crippen LogP contribution >= 0.6 is 0 Å². The molecule has 1 N–H and O–H groups in total. The van der Waals surface area contributed by atoms with Crippen LogP contribution in [0.5, 0.6) is 0 Å². The van der Waals surface area contributed by atoms with Gasteiger partial charge in [-0.25, -0.2) is 4.79 Å². The Bertz CT molecular complexity index is 1080. The topological polar surface area (TPSA) is 135 Å². The predicted octanol–water partition coefficient (Wildman–Crippen LogP) is 2.72.